The lowest BCUT2D eigenvalue weighted by Crippen LogP contribution is -2.57. The van der Waals surface area contributed by atoms with Crippen LogP contribution in [0, 0.1) is 30.1 Å². The van der Waals surface area contributed by atoms with Crippen LogP contribution >= 0.6 is 0 Å². The van der Waals surface area contributed by atoms with Gasteiger partial charge in [0, 0.05) is 37.3 Å². The zero-order valence-electron chi connectivity index (χ0n) is 22.0. The van der Waals surface area contributed by atoms with Crippen molar-refractivity contribution in [2.75, 3.05) is 33.4 Å². The quantitative estimate of drug-likeness (QED) is 0.638. The third kappa shape index (κ3) is 4.13. The Morgan fingerprint density at radius 1 is 1.08 bits per heavy atom. The number of rotatable bonds is 6. The van der Waals surface area contributed by atoms with Gasteiger partial charge in [0.1, 0.15) is 11.8 Å². The second kappa shape index (κ2) is 9.34. The van der Waals surface area contributed by atoms with Crippen LogP contribution in [0.1, 0.15) is 75.3 Å². The molecule has 36 heavy (non-hydrogen) atoms. The number of nitrogens with one attached hydrogen (secondary N) is 1. The third-order valence-corrected chi connectivity index (χ3v) is 10.3. The van der Waals surface area contributed by atoms with Crippen molar-refractivity contribution in [3.05, 3.63) is 29.3 Å². The Morgan fingerprint density at radius 3 is 2.39 bits per heavy atom. The van der Waals surface area contributed by atoms with Crippen molar-refractivity contribution >= 4 is 11.8 Å². The van der Waals surface area contributed by atoms with Gasteiger partial charge in [-0.3, -0.25) is 9.59 Å². The highest BCUT2D eigenvalue weighted by atomic mass is 16.5. The smallest absolute Gasteiger partial charge is 0.242 e. The topological polar surface area (TPSA) is 67.9 Å². The lowest BCUT2D eigenvalue weighted by molar-refractivity contribution is -0.160. The van der Waals surface area contributed by atoms with Crippen molar-refractivity contribution in [1.82, 2.24) is 10.2 Å². The minimum absolute atomic E-state index is 0.0167. The van der Waals surface area contributed by atoms with E-state index in [9.17, 15) is 9.59 Å². The molecule has 0 aromatic heterocycles. The third-order valence-electron chi connectivity index (χ3n) is 10.3. The summed E-state index contributed by atoms with van der Waals surface area (Å²) in [5.74, 6) is 3.37. The van der Waals surface area contributed by atoms with Crippen LogP contribution in [0.2, 0.25) is 0 Å². The number of likely N-dealkylation sites (tertiary alicyclic amines) is 1. The van der Waals surface area contributed by atoms with Crippen molar-refractivity contribution in [3.63, 3.8) is 0 Å². The molecule has 2 saturated heterocycles. The monoisotopic (exact) mass is 494 g/mol. The van der Waals surface area contributed by atoms with Crippen molar-refractivity contribution in [1.29, 1.82) is 0 Å². The molecule has 6 heteroatoms. The van der Waals surface area contributed by atoms with E-state index >= 15 is 0 Å². The number of methoxy groups -OCH3 is 1. The normalized spacial score (nSPS) is 34.6. The maximum atomic E-state index is 14.0. The molecule has 6 aliphatic rings. The Hall–Kier alpha value is -2.08. The molecule has 2 aliphatic heterocycles. The molecule has 2 heterocycles. The predicted octanol–water partition coefficient (Wildman–Crippen LogP) is 4.38. The van der Waals surface area contributed by atoms with Crippen LogP contribution in [-0.4, -0.2) is 56.2 Å². The summed E-state index contributed by atoms with van der Waals surface area (Å²) in [6.45, 7) is 4.72. The molecule has 0 spiro atoms. The summed E-state index contributed by atoms with van der Waals surface area (Å²) in [5.41, 5.74) is 1.93. The van der Waals surface area contributed by atoms with E-state index < -0.39 is 0 Å². The van der Waals surface area contributed by atoms with Crippen LogP contribution in [0.5, 0.6) is 5.75 Å². The lowest BCUT2D eigenvalue weighted by atomic mass is 9.49. The van der Waals surface area contributed by atoms with E-state index in [-0.39, 0.29) is 22.8 Å². The average molecular weight is 495 g/mol. The first-order valence-electron chi connectivity index (χ1n) is 14.2. The SMILES string of the molecule is COc1ccc(C)cc1C1(CNC(=O)C2CCCN2C(=O)C23CC4CC(CC(C4)C2)C3)CCOCC1. The summed E-state index contributed by atoms with van der Waals surface area (Å²) in [4.78, 5) is 29.7. The highest BCUT2D eigenvalue weighted by molar-refractivity contribution is 5.91. The predicted molar refractivity (Wildman–Crippen MR) is 138 cm³/mol. The minimum atomic E-state index is -0.332. The lowest BCUT2D eigenvalue weighted by Gasteiger charge is -2.56. The number of ether oxygens (including phenoxy) is 2. The van der Waals surface area contributed by atoms with E-state index in [1.54, 1.807) is 7.11 Å². The van der Waals surface area contributed by atoms with E-state index in [4.69, 9.17) is 9.47 Å². The van der Waals surface area contributed by atoms with Gasteiger partial charge in [-0.05, 0) is 95.0 Å². The van der Waals surface area contributed by atoms with Gasteiger partial charge < -0.3 is 19.7 Å². The fourth-order valence-corrected chi connectivity index (χ4v) is 8.87. The van der Waals surface area contributed by atoms with Gasteiger partial charge in [-0.1, -0.05) is 17.7 Å². The number of hydrogen-bond donors (Lipinski definition) is 1. The highest BCUT2D eigenvalue weighted by Gasteiger charge is 2.57. The second-order valence-corrected chi connectivity index (χ2v) is 12.7. The summed E-state index contributed by atoms with van der Waals surface area (Å²) in [5, 5.41) is 3.32. The maximum absolute atomic E-state index is 14.0. The largest absolute Gasteiger partial charge is 0.496 e. The molecule has 2 amide bonds. The molecule has 1 N–H and O–H groups in total. The van der Waals surface area contributed by atoms with Crippen LogP contribution in [0.15, 0.2) is 18.2 Å². The first-order chi connectivity index (χ1) is 17.4. The van der Waals surface area contributed by atoms with Crippen LogP contribution in [0.25, 0.3) is 0 Å². The van der Waals surface area contributed by atoms with Crippen LogP contribution in [-0.2, 0) is 19.7 Å². The van der Waals surface area contributed by atoms with E-state index in [2.05, 4.69) is 24.4 Å². The molecule has 1 aromatic rings. The van der Waals surface area contributed by atoms with Crippen molar-refractivity contribution in [2.45, 2.75) is 82.6 Å². The average Bonchev–Trinajstić information content (AvgIpc) is 3.36. The van der Waals surface area contributed by atoms with Crippen molar-refractivity contribution in [3.8, 4) is 5.75 Å². The fraction of sp³-hybridized carbons (Fsp3) is 0.733. The van der Waals surface area contributed by atoms with Crippen LogP contribution < -0.4 is 10.1 Å². The molecule has 7 rings (SSSR count). The zero-order chi connectivity index (χ0) is 24.9. The number of carbonyl (C=O) groups excluding carboxylic acids is 2. The molecule has 0 radical (unpaired) electrons. The van der Waals surface area contributed by atoms with Gasteiger partial charge in [-0.2, -0.15) is 0 Å². The molecule has 1 aromatic carbocycles. The van der Waals surface area contributed by atoms with Gasteiger partial charge in [0.25, 0.3) is 0 Å². The summed E-state index contributed by atoms with van der Waals surface area (Å²) in [6, 6.07) is 5.98. The number of hydrogen-bond acceptors (Lipinski definition) is 4. The molecule has 1 unspecified atom stereocenters. The van der Waals surface area contributed by atoms with Gasteiger partial charge in [0.15, 0.2) is 0 Å². The summed E-state index contributed by atoms with van der Waals surface area (Å²) in [7, 11) is 1.71. The fourth-order valence-electron chi connectivity index (χ4n) is 8.87. The molecule has 1 atom stereocenters. The van der Waals surface area contributed by atoms with Gasteiger partial charge in [0.2, 0.25) is 11.8 Å². The maximum Gasteiger partial charge on any atom is 0.242 e. The van der Waals surface area contributed by atoms with E-state index in [1.807, 2.05) is 11.0 Å². The van der Waals surface area contributed by atoms with E-state index in [1.165, 1.54) is 24.8 Å². The van der Waals surface area contributed by atoms with Crippen LogP contribution in [0.4, 0.5) is 0 Å². The van der Waals surface area contributed by atoms with E-state index in [0.717, 1.165) is 80.6 Å². The molecule has 4 saturated carbocycles. The number of carbonyl (C=O) groups is 2. The molecular weight excluding hydrogens is 452 g/mol. The van der Waals surface area contributed by atoms with Crippen LogP contribution in [0.3, 0.4) is 0 Å². The number of benzene rings is 1. The number of aryl methyl sites for hydroxylation is 1. The summed E-state index contributed by atoms with van der Waals surface area (Å²) >= 11 is 0. The van der Waals surface area contributed by atoms with Gasteiger partial charge in [0.05, 0.1) is 12.5 Å². The van der Waals surface area contributed by atoms with E-state index in [0.29, 0.717) is 25.7 Å². The molecule has 196 valence electrons. The van der Waals surface area contributed by atoms with Gasteiger partial charge in [-0.25, -0.2) is 0 Å². The molecule has 6 nitrogen and oxygen atoms in total. The Kier molecular flexibility index (Phi) is 6.30. The second-order valence-electron chi connectivity index (χ2n) is 12.7. The van der Waals surface area contributed by atoms with Crippen molar-refractivity contribution < 1.29 is 19.1 Å². The minimum Gasteiger partial charge on any atom is -0.496 e. The highest BCUT2D eigenvalue weighted by Crippen LogP contribution is 2.60. The summed E-state index contributed by atoms with van der Waals surface area (Å²) < 4.78 is 11.5. The molecule has 4 aliphatic carbocycles. The Labute approximate surface area is 215 Å². The number of amides is 2. The molecule has 4 bridgehead atoms. The number of nitrogens with zero attached hydrogens (tertiary/aromatic N) is 1. The molecular formula is C30H42N2O4. The van der Waals surface area contributed by atoms with Crippen molar-refractivity contribution in [2.24, 2.45) is 23.2 Å². The first-order valence-corrected chi connectivity index (χ1v) is 14.2. The standard InChI is InChI=1S/C30H42N2O4/c1-20-5-6-26(35-2)24(12-20)29(7-10-36-11-8-29)19-31-27(33)25-4-3-9-32(25)28(34)30-16-21-13-22(17-30)15-23(14-21)18-30/h5-6,12,21-23,25H,3-4,7-11,13-19H2,1-2H3,(H,31,33). The first kappa shape index (κ1) is 24.3. The zero-order valence-corrected chi connectivity index (χ0v) is 22.0. The Morgan fingerprint density at radius 2 is 1.75 bits per heavy atom. The molecule has 6 fully saturated rings. The summed E-state index contributed by atoms with van der Waals surface area (Å²) in [6.07, 6.45) is 10.5. The van der Waals surface area contributed by atoms with Gasteiger partial charge in [-0.15, -0.1) is 0 Å². The van der Waals surface area contributed by atoms with Gasteiger partial charge >= 0.3 is 0 Å². The Balaban J connectivity index is 1.19. The Bertz CT molecular complexity index is 979.